The largest absolute Gasteiger partial charge is 0.497 e. The van der Waals surface area contributed by atoms with Gasteiger partial charge in [-0.05, 0) is 43.3 Å². The molecule has 0 aliphatic carbocycles. The Morgan fingerprint density at radius 2 is 1.89 bits per heavy atom. The highest BCUT2D eigenvalue weighted by Crippen LogP contribution is 2.24. The van der Waals surface area contributed by atoms with Crippen molar-refractivity contribution in [3.8, 4) is 23.0 Å². The SMILES string of the molecule is COc1ccc(-c2nnc([C@@H](C)OC(=O)COc3ccccc3F)o2)cc1. The van der Waals surface area contributed by atoms with Gasteiger partial charge in [0, 0.05) is 5.56 Å². The average molecular weight is 372 g/mol. The number of para-hydroxylation sites is 1. The number of aromatic nitrogens is 2. The van der Waals surface area contributed by atoms with Crippen LogP contribution in [0, 0.1) is 5.82 Å². The molecule has 1 aromatic heterocycles. The van der Waals surface area contributed by atoms with Gasteiger partial charge in [0.1, 0.15) is 5.75 Å². The first-order valence-electron chi connectivity index (χ1n) is 8.11. The molecule has 1 atom stereocenters. The van der Waals surface area contributed by atoms with Gasteiger partial charge >= 0.3 is 5.97 Å². The zero-order valence-electron chi connectivity index (χ0n) is 14.7. The first-order valence-corrected chi connectivity index (χ1v) is 8.11. The third kappa shape index (κ3) is 4.60. The van der Waals surface area contributed by atoms with E-state index in [1.54, 1.807) is 44.4 Å². The summed E-state index contributed by atoms with van der Waals surface area (Å²) in [5, 5.41) is 7.84. The van der Waals surface area contributed by atoms with Gasteiger partial charge in [-0.15, -0.1) is 10.2 Å². The summed E-state index contributed by atoms with van der Waals surface area (Å²) < 4.78 is 34.4. The molecule has 0 spiro atoms. The van der Waals surface area contributed by atoms with Crippen molar-refractivity contribution in [1.82, 2.24) is 10.2 Å². The molecule has 0 saturated carbocycles. The monoisotopic (exact) mass is 372 g/mol. The number of rotatable bonds is 7. The summed E-state index contributed by atoms with van der Waals surface area (Å²) in [6.45, 7) is 1.15. The number of ether oxygens (including phenoxy) is 3. The number of benzene rings is 2. The molecule has 27 heavy (non-hydrogen) atoms. The Morgan fingerprint density at radius 3 is 2.59 bits per heavy atom. The topological polar surface area (TPSA) is 83.7 Å². The molecule has 3 rings (SSSR count). The Hall–Kier alpha value is -3.42. The third-order valence-electron chi connectivity index (χ3n) is 3.62. The first kappa shape index (κ1) is 18.4. The number of halogens is 1. The van der Waals surface area contributed by atoms with E-state index in [2.05, 4.69) is 10.2 Å². The Balaban J connectivity index is 1.57. The Bertz CT molecular complexity index is 910. The van der Waals surface area contributed by atoms with E-state index in [-0.39, 0.29) is 17.5 Å². The molecule has 3 aromatic rings. The minimum Gasteiger partial charge on any atom is -0.497 e. The number of nitrogens with zero attached hydrogens (tertiary/aromatic N) is 2. The van der Waals surface area contributed by atoms with Crippen LogP contribution in [0.2, 0.25) is 0 Å². The van der Waals surface area contributed by atoms with E-state index in [9.17, 15) is 9.18 Å². The van der Waals surface area contributed by atoms with E-state index in [0.717, 1.165) is 0 Å². The molecular formula is C19H17FN2O5. The number of carbonyl (C=O) groups is 1. The zero-order valence-corrected chi connectivity index (χ0v) is 14.7. The molecule has 0 aliphatic rings. The number of methoxy groups -OCH3 is 1. The van der Waals surface area contributed by atoms with Crippen molar-refractivity contribution in [3.05, 3.63) is 60.2 Å². The summed E-state index contributed by atoms with van der Waals surface area (Å²) in [5.41, 5.74) is 0.705. The van der Waals surface area contributed by atoms with Crippen molar-refractivity contribution in [1.29, 1.82) is 0 Å². The van der Waals surface area contributed by atoms with Crippen LogP contribution in [0.5, 0.6) is 11.5 Å². The molecular weight excluding hydrogens is 355 g/mol. The molecule has 0 saturated heterocycles. The lowest BCUT2D eigenvalue weighted by molar-refractivity contribution is -0.152. The predicted octanol–water partition coefficient (Wildman–Crippen LogP) is 3.57. The van der Waals surface area contributed by atoms with Crippen molar-refractivity contribution in [2.45, 2.75) is 13.0 Å². The van der Waals surface area contributed by atoms with Crippen LogP contribution >= 0.6 is 0 Å². The van der Waals surface area contributed by atoms with Crippen LogP contribution in [-0.4, -0.2) is 29.9 Å². The molecule has 0 N–H and O–H groups in total. The first-order chi connectivity index (χ1) is 13.1. The molecule has 1 heterocycles. The van der Waals surface area contributed by atoms with E-state index >= 15 is 0 Å². The number of carbonyl (C=O) groups excluding carboxylic acids is 1. The van der Waals surface area contributed by atoms with E-state index in [1.807, 2.05) is 0 Å². The van der Waals surface area contributed by atoms with Crippen molar-refractivity contribution in [3.63, 3.8) is 0 Å². The van der Waals surface area contributed by atoms with Crippen LogP contribution in [0.4, 0.5) is 4.39 Å². The van der Waals surface area contributed by atoms with Gasteiger partial charge in [0.05, 0.1) is 7.11 Å². The Kier molecular flexibility index (Phi) is 5.65. The second kappa shape index (κ2) is 8.31. The summed E-state index contributed by atoms with van der Waals surface area (Å²) >= 11 is 0. The van der Waals surface area contributed by atoms with Crippen molar-refractivity contribution >= 4 is 5.97 Å². The summed E-state index contributed by atoms with van der Waals surface area (Å²) in [6.07, 6.45) is -0.777. The van der Waals surface area contributed by atoms with Gasteiger partial charge in [-0.25, -0.2) is 9.18 Å². The zero-order chi connectivity index (χ0) is 19.2. The van der Waals surface area contributed by atoms with E-state index < -0.39 is 24.5 Å². The minimum absolute atomic E-state index is 0.0262. The van der Waals surface area contributed by atoms with Gasteiger partial charge in [-0.3, -0.25) is 0 Å². The summed E-state index contributed by atoms with van der Waals surface area (Å²) in [7, 11) is 1.58. The molecule has 0 fully saturated rings. The molecule has 0 aliphatic heterocycles. The molecule has 2 aromatic carbocycles. The second-order valence-corrected chi connectivity index (χ2v) is 5.53. The number of hydrogen-bond donors (Lipinski definition) is 0. The minimum atomic E-state index is -0.777. The number of esters is 1. The fourth-order valence-corrected chi connectivity index (χ4v) is 2.23. The van der Waals surface area contributed by atoms with Crippen LogP contribution < -0.4 is 9.47 Å². The van der Waals surface area contributed by atoms with Crippen LogP contribution in [-0.2, 0) is 9.53 Å². The predicted molar refractivity (Wildman–Crippen MR) is 92.7 cm³/mol. The van der Waals surface area contributed by atoms with Gasteiger partial charge in [-0.1, -0.05) is 12.1 Å². The highest BCUT2D eigenvalue weighted by molar-refractivity contribution is 5.71. The summed E-state index contributed by atoms with van der Waals surface area (Å²) in [6, 6.07) is 12.9. The molecule has 0 unspecified atom stereocenters. The van der Waals surface area contributed by atoms with Crippen LogP contribution in [0.1, 0.15) is 18.9 Å². The molecule has 0 radical (unpaired) electrons. The van der Waals surface area contributed by atoms with Crippen molar-refractivity contribution in [2.75, 3.05) is 13.7 Å². The Morgan fingerprint density at radius 1 is 1.15 bits per heavy atom. The second-order valence-electron chi connectivity index (χ2n) is 5.53. The maximum atomic E-state index is 13.5. The summed E-state index contributed by atoms with van der Waals surface area (Å²) in [4.78, 5) is 11.9. The van der Waals surface area contributed by atoms with Gasteiger partial charge in [-0.2, -0.15) is 0 Å². The number of hydrogen-bond acceptors (Lipinski definition) is 7. The van der Waals surface area contributed by atoms with Gasteiger partial charge in [0.2, 0.25) is 5.89 Å². The highest BCUT2D eigenvalue weighted by atomic mass is 19.1. The normalized spacial score (nSPS) is 11.7. The van der Waals surface area contributed by atoms with E-state index in [4.69, 9.17) is 18.6 Å². The average Bonchev–Trinajstić information content (AvgIpc) is 3.18. The lowest BCUT2D eigenvalue weighted by atomic mass is 10.2. The standard InChI is InChI=1S/C19H17FN2O5/c1-12(26-17(23)11-25-16-6-4-3-5-15(16)20)18-21-22-19(27-18)13-7-9-14(24-2)10-8-13/h3-10,12H,11H2,1-2H3/t12-/m1/s1. The third-order valence-corrected chi connectivity index (χ3v) is 3.62. The molecule has 8 heteroatoms. The van der Waals surface area contributed by atoms with E-state index in [0.29, 0.717) is 11.3 Å². The van der Waals surface area contributed by atoms with Gasteiger partial charge in [0.15, 0.2) is 24.3 Å². The highest BCUT2D eigenvalue weighted by Gasteiger charge is 2.19. The maximum absolute atomic E-state index is 13.5. The summed E-state index contributed by atoms with van der Waals surface area (Å²) in [5.74, 6) is -0.134. The smallest absolute Gasteiger partial charge is 0.344 e. The van der Waals surface area contributed by atoms with Crippen molar-refractivity contribution in [2.24, 2.45) is 0 Å². The lowest BCUT2D eigenvalue weighted by Crippen LogP contribution is -2.17. The molecule has 7 nitrogen and oxygen atoms in total. The molecule has 0 bridgehead atoms. The maximum Gasteiger partial charge on any atom is 0.344 e. The van der Waals surface area contributed by atoms with Gasteiger partial charge in [0.25, 0.3) is 5.89 Å². The van der Waals surface area contributed by atoms with Crippen LogP contribution in [0.3, 0.4) is 0 Å². The van der Waals surface area contributed by atoms with Crippen LogP contribution in [0.15, 0.2) is 52.9 Å². The lowest BCUT2D eigenvalue weighted by Gasteiger charge is -2.10. The molecule has 0 amide bonds. The van der Waals surface area contributed by atoms with E-state index in [1.165, 1.54) is 18.2 Å². The van der Waals surface area contributed by atoms with Crippen LogP contribution in [0.25, 0.3) is 11.5 Å². The van der Waals surface area contributed by atoms with Gasteiger partial charge < -0.3 is 18.6 Å². The quantitative estimate of drug-likeness (QED) is 0.586. The van der Waals surface area contributed by atoms with Crippen molar-refractivity contribution < 1.29 is 27.8 Å². The Labute approximate surface area is 154 Å². The fraction of sp³-hybridized carbons (Fsp3) is 0.211. The fourth-order valence-electron chi connectivity index (χ4n) is 2.23. The molecule has 140 valence electrons.